The van der Waals surface area contributed by atoms with Gasteiger partial charge in [-0.3, -0.25) is 5.10 Å². The van der Waals surface area contributed by atoms with Gasteiger partial charge in [0, 0.05) is 25.5 Å². The van der Waals surface area contributed by atoms with Gasteiger partial charge >= 0.3 is 0 Å². The number of aromatic nitrogens is 4. The predicted molar refractivity (Wildman–Crippen MR) is 83.9 cm³/mol. The molecule has 0 saturated carbocycles. The number of H-pyrrole nitrogens is 1. The van der Waals surface area contributed by atoms with E-state index >= 15 is 0 Å². The second-order valence-electron chi connectivity index (χ2n) is 5.85. The highest BCUT2D eigenvalue weighted by atomic mass is 32.2. The Morgan fingerprint density at radius 2 is 2.26 bits per heavy atom. The van der Waals surface area contributed by atoms with Crippen LogP contribution in [0.3, 0.4) is 0 Å². The summed E-state index contributed by atoms with van der Waals surface area (Å²) >= 11 is 0. The van der Waals surface area contributed by atoms with Gasteiger partial charge in [-0.05, 0) is 33.0 Å². The number of aromatic amines is 1. The highest BCUT2D eigenvalue weighted by Gasteiger charge is 2.38. The topological polar surface area (TPSA) is 95.1 Å². The van der Waals surface area contributed by atoms with Crippen LogP contribution in [0.4, 0.5) is 0 Å². The Bertz CT molecular complexity index is 759. The first-order chi connectivity index (χ1) is 11.0. The molecular weight excluding hydrogens is 316 g/mol. The first-order valence-corrected chi connectivity index (χ1v) is 8.89. The van der Waals surface area contributed by atoms with E-state index in [2.05, 4.69) is 20.2 Å². The van der Waals surface area contributed by atoms with Gasteiger partial charge in [0.05, 0.1) is 17.9 Å². The fourth-order valence-electron chi connectivity index (χ4n) is 2.79. The van der Waals surface area contributed by atoms with Crippen molar-refractivity contribution in [3.63, 3.8) is 0 Å². The quantitative estimate of drug-likeness (QED) is 0.867. The van der Waals surface area contributed by atoms with Crippen molar-refractivity contribution >= 4 is 10.0 Å². The number of nitrogens with one attached hydrogen (secondary N) is 1. The third kappa shape index (κ3) is 3.26. The summed E-state index contributed by atoms with van der Waals surface area (Å²) in [6.45, 7) is 1.16. The van der Waals surface area contributed by atoms with Gasteiger partial charge in [0.2, 0.25) is 10.0 Å². The molecule has 9 heteroatoms. The molecule has 3 rings (SSSR count). The van der Waals surface area contributed by atoms with E-state index in [0.717, 1.165) is 18.5 Å². The summed E-state index contributed by atoms with van der Waals surface area (Å²) < 4.78 is 27.0. The minimum absolute atomic E-state index is 0.175. The molecule has 0 spiro atoms. The lowest BCUT2D eigenvalue weighted by Gasteiger charge is -2.22. The van der Waals surface area contributed by atoms with E-state index in [0.29, 0.717) is 18.9 Å². The molecule has 1 saturated heterocycles. The molecule has 3 heterocycles. The summed E-state index contributed by atoms with van der Waals surface area (Å²) in [5.74, 6) is 0.564. The van der Waals surface area contributed by atoms with Crippen molar-refractivity contribution in [1.82, 2.24) is 29.4 Å². The van der Waals surface area contributed by atoms with Crippen molar-refractivity contribution in [3.05, 3.63) is 36.2 Å². The Balaban J connectivity index is 1.90. The molecule has 0 aliphatic carbocycles. The number of rotatable bonds is 5. The lowest BCUT2D eigenvalue weighted by Crippen LogP contribution is -2.31. The molecule has 124 valence electrons. The van der Waals surface area contributed by atoms with Crippen molar-refractivity contribution in [2.24, 2.45) is 0 Å². The second kappa shape index (κ2) is 6.34. The van der Waals surface area contributed by atoms with Crippen LogP contribution >= 0.6 is 0 Å². The molecule has 8 nitrogen and oxygen atoms in total. The van der Waals surface area contributed by atoms with E-state index in [9.17, 15) is 8.42 Å². The predicted octanol–water partition coefficient (Wildman–Crippen LogP) is 0.787. The molecule has 2 aromatic heterocycles. The maximum atomic E-state index is 12.7. The monoisotopic (exact) mass is 336 g/mol. The lowest BCUT2D eigenvalue weighted by molar-refractivity contribution is 0.373. The molecule has 23 heavy (non-hydrogen) atoms. The van der Waals surface area contributed by atoms with Crippen molar-refractivity contribution in [3.8, 4) is 0 Å². The molecule has 0 radical (unpaired) electrons. The fourth-order valence-corrected chi connectivity index (χ4v) is 4.35. The molecule has 1 aliphatic rings. The van der Waals surface area contributed by atoms with E-state index in [1.165, 1.54) is 16.7 Å². The van der Waals surface area contributed by atoms with Crippen LogP contribution in [0.15, 0.2) is 29.6 Å². The molecule has 0 amide bonds. The summed E-state index contributed by atoms with van der Waals surface area (Å²) in [6, 6.07) is 1.53. The van der Waals surface area contributed by atoms with Gasteiger partial charge in [0.25, 0.3) is 0 Å². The summed E-state index contributed by atoms with van der Waals surface area (Å²) in [5, 5.41) is 6.29. The van der Waals surface area contributed by atoms with E-state index in [4.69, 9.17) is 0 Å². The van der Waals surface area contributed by atoms with Crippen LogP contribution in [0.1, 0.15) is 30.4 Å². The summed E-state index contributed by atoms with van der Waals surface area (Å²) in [6.07, 6.45) is 5.94. The van der Waals surface area contributed by atoms with Gasteiger partial charge in [0.15, 0.2) is 0 Å². The zero-order chi connectivity index (χ0) is 16.4. The Kier molecular flexibility index (Phi) is 4.42. The zero-order valence-electron chi connectivity index (χ0n) is 13.2. The standard InChI is InChI=1S/C14H20N6O2S/c1-19(2)10-11-5-6-15-14(18-11)13-4-3-7-20(13)23(21,22)12-8-16-17-9-12/h5-6,8-9,13H,3-4,7,10H2,1-2H3,(H,16,17). The molecule has 1 aliphatic heterocycles. The molecule has 1 N–H and O–H groups in total. The maximum Gasteiger partial charge on any atom is 0.246 e. The van der Waals surface area contributed by atoms with Crippen molar-refractivity contribution in [2.75, 3.05) is 20.6 Å². The highest BCUT2D eigenvalue weighted by Crippen LogP contribution is 2.34. The maximum absolute atomic E-state index is 12.7. The molecule has 0 bridgehead atoms. The van der Waals surface area contributed by atoms with Crippen LogP contribution in [0.5, 0.6) is 0 Å². The average molecular weight is 336 g/mol. The van der Waals surface area contributed by atoms with Gasteiger partial charge < -0.3 is 4.90 Å². The Morgan fingerprint density at radius 1 is 1.43 bits per heavy atom. The zero-order valence-corrected chi connectivity index (χ0v) is 14.0. The molecule has 0 aromatic carbocycles. The normalized spacial score (nSPS) is 19.5. The third-order valence-corrected chi connectivity index (χ3v) is 5.67. The van der Waals surface area contributed by atoms with Crippen LogP contribution in [-0.2, 0) is 16.6 Å². The van der Waals surface area contributed by atoms with E-state index in [-0.39, 0.29) is 10.9 Å². The lowest BCUT2D eigenvalue weighted by atomic mass is 10.2. The fraction of sp³-hybridized carbons (Fsp3) is 0.500. The van der Waals surface area contributed by atoms with Gasteiger partial charge in [0.1, 0.15) is 10.7 Å². The Hall–Kier alpha value is -1.84. The molecule has 1 unspecified atom stereocenters. The number of hydrogen-bond acceptors (Lipinski definition) is 6. The van der Waals surface area contributed by atoms with E-state index in [1.54, 1.807) is 6.20 Å². The van der Waals surface area contributed by atoms with Crippen LogP contribution in [0.2, 0.25) is 0 Å². The molecular formula is C14H20N6O2S. The van der Waals surface area contributed by atoms with Crippen molar-refractivity contribution < 1.29 is 8.42 Å². The van der Waals surface area contributed by atoms with Gasteiger partial charge in [-0.2, -0.15) is 9.40 Å². The SMILES string of the molecule is CN(C)Cc1ccnc(C2CCCN2S(=O)(=O)c2cn[nH]c2)n1. The average Bonchev–Trinajstić information content (AvgIpc) is 3.19. The minimum Gasteiger partial charge on any atom is -0.304 e. The highest BCUT2D eigenvalue weighted by molar-refractivity contribution is 7.89. The largest absolute Gasteiger partial charge is 0.304 e. The van der Waals surface area contributed by atoms with Crippen LogP contribution in [0.25, 0.3) is 0 Å². The number of sulfonamides is 1. The Labute approximate surface area is 135 Å². The molecule has 1 fully saturated rings. The number of nitrogens with zero attached hydrogens (tertiary/aromatic N) is 5. The summed E-state index contributed by atoms with van der Waals surface area (Å²) in [4.78, 5) is 11.1. The van der Waals surface area contributed by atoms with Gasteiger partial charge in [-0.25, -0.2) is 18.4 Å². The van der Waals surface area contributed by atoms with E-state index in [1.807, 2.05) is 25.1 Å². The van der Waals surface area contributed by atoms with Crippen molar-refractivity contribution in [1.29, 1.82) is 0 Å². The van der Waals surface area contributed by atoms with Gasteiger partial charge in [-0.15, -0.1) is 0 Å². The second-order valence-corrected chi connectivity index (χ2v) is 7.74. The molecule has 2 aromatic rings. The number of hydrogen-bond donors (Lipinski definition) is 1. The first-order valence-electron chi connectivity index (χ1n) is 7.45. The van der Waals surface area contributed by atoms with E-state index < -0.39 is 10.0 Å². The van der Waals surface area contributed by atoms with Crippen LogP contribution < -0.4 is 0 Å². The third-order valence-electron chi connectivity index (χ3n) is 3.79. The molecule has 1 atom stereocenters. The van der Waals surface area contributed by atoms with Crippen molar-refractivity contribution in [2.45, 2.75) is 30.3 Å². The summed E-state index contributed by atoms with van der Waals surface area (Å²) in [5.41, 5.74) is 0.882. The van der Waals surface area contributed by atoms with Crippen LogP contribution in [-0.4, -0.2) is 58.4 Å². The van der Waals surface area contributed by atoms with Gasteiger partial charge in [-0.1, -0.05) is 0 Å². The summed E-state index contributed by atoms with van der Waals surface area (Å²) in [7, 11) is 0.351. The Morgan fingerprint density at radius 3 is 2.96 bits per heavy atom. The first kappa shape index (κ1) is 16.0. The van der Waals surface area contributed by atoms with Crippen LogP contribution in [0, 0.1) is 0 Å². The smallest absolute Gasteiger partial charge is 0.246 e. The minimum atomic E-state index is -3.58.